The summed E-state index contributed by atoms with van der Waals surface area (Å²) >= 11 is 0. The summed E-state index contributed by atoms with van der Waals surface area (Å²) in [5.74, 6) is 0. The average molecular weight is 1350 g/mol. The Morgan fingerprint density at radius 3 is 0.868 bits per heavy atom. The Labute approximate surface area is 617 Å². The van der Waals surface area contributed by atoms with Crippen LogP contribution in [0.3, 0.4) is 0 Å². The van der Waals surface area contributed by atoms with Gasteiger partial charge < -0.3 is 14.4 Å². The van der Waals surface area contributed by atoms with E-state index in [4.69, 9.17) is 9.97 Å². The van der Waals surface area contributed by atoms with Crippen LogP contribution in [0.15, 0.2) is 401 Å². The zero-order valence-corrected chi connectivity index (χ0v) is 57.9. The molecule has 0 saturated heterocycles. The fraction of sp³-hybridized carbons (Fsp3) is 0. The number of rotatable bonds is 13. The van der Waals surface area contributed by atoms with Crippen molar-refractivity contribution in [1.29, 1.82) is 0 Å². The quantitative estimate of drug-likeness (QED) is 0.108. The second-order valence-corrected chi connectivity index (χ2v) is 27.4. The molecule has 0 N–H and O–H groups in total. The largest absolute Gasteiger partial charge is 0.310 e. The van der Waals surface area contributed by atoms with Crippen LogP contribution >= 0.6 is 0 Å². The Morgan fingerprint density at radius 1 is 0.226 bits per heavy atom. The first kappa shape index (κ1) is 61.9. The standard InChI is InChI=1S/C100H66BN5/c1-9-31-67(32-10-1)78-59-61-102-97(73-43-21-7-22-44-73)94(78)75-55-57-90-86(63-75)101-87-64-76(95-79(68-33-11-2-12-34-68)60-62-103-98(95)74-45-23-8-24-46-74)56-58-91(87)106(100-82(71-39-17-5-18-40-71)51-30-52-83(100)72-41-19-6-20-42-72)93-66-77(104-88-53-27-25-47-84(88)85-48-26-28-54-89(85)104)65-92(96(93)101)105(90)99-80(69-35-13-3-14-36-69)49-29-50-81(99)70-37-15-4-16-38-70/h1-66H. The van der Waals surface area contributed by atoms with E-state index >= 15 is 0 Å². The molecule has 5 nitrogen and oxygen atoms in total. The van der Waals surface area contributed by atoms with Crippen molar-refractivity contribution in [3.63, 3.8) is 0 Å². The van der Waals surface area contributed by atoms with Gasteiger partial charge in [0.25, 0.3) is 6.71 Å². The Kier molecular flexibility index (Phi) is 15.3. The monoisotopic (exact) mass is 1350 g/mol. The van der Waals surface area contributed by atoms with Gasteiger partial charge in [-0.2, -0.15) is 0 Å². The lowest BCUT2D eigenvalue weighted by Crippen LogP contribution is -2.61. The van der Waals surface area contributed by atoms with Gasteiger partial charge >= 0.3 is 0 Å². The predicted molar refractivity (Wildman–Crippen MR) is 445 cm³/mol. The minimum Gasteiger partial charge on any atom is -0.310 e. The molecule has 20 rings (SSSR count). The van der Waals surface area contributed by atoms with Gasteiger partial charge in [0.05, 0.1) is 39.5 Å². The number of hydrogen-bond donors (Lipinski definition) is 0. The minimum atomic E-state index is -0.406. The van der Waals surface area contributed by atoms with Crippen molar-refractivity contribution in [2.24, 2.45) is 0 Å². The molecule has 2 aliphatic heterocycles. The lowest BCUT2D eigenvalue weighted by Gasteiger charge is -2.46. The van der Waals surface area contributed by atoms with Crippen LogP contribution in [-0.4, -0.2) is 21.2 Å². The molecular weight excluding hydrogens is 1280 g/mol. The number of nitrogens with zero attached hydrogens (tertiary/aromatic N) is 5. The number of pyridine rings is 2. The van der Waals surface area contributed by atoms with E-state index in [1.807, 2.05) is 12.4 Å². The van der Waals surface area contributed by atoms with Gasteiger partial charge in [-0.15, -0.1) is 0 Å². The summed E-state index contributed by atoms with van der Waals surface area (Å²) < 4.78 is 2.52. The van der Waals surface area contributed by atoms with Crippen molar-refractivity contribution < 1.29 is 0 Å². The van der Waals surface area contributed by atoms with Crippen LogP contribution in [0.25, 0.3) is 139 Å². The molecule has 0 amide bonds. The van der Waals surface area contributed by atoms with Gasteiger partial charge in [-0.05, 0) is 121 Å². The van der Waals surface area contributed by atoms with Crippen LogP contribution in [0.5, 0.6) is 0 Å². The average Bonchev–Trinajstić information content (AvgIpc) is 0.710. The van der Waals surface area contributed by atoms with Gasteiger partial charge in [0.15, 0.2) is 0 Å². The summed E-state index contributed by atoms with van der Waals surface area (Å²) in [6.07, 6.45) is 3.96. The second kappa shape index (κ2) is 26.2. The summed E-state index contributed by atoms with van der Waals surface area (Å²) in [5, 5.41) is 2.38. The Hall–Kier alpha value is -13.9. The first-order chi connectivity index (χ1) is 52.7. The summed E-state index contributed by atoms with van der Waals surface area (Å²) in [6, 6.07) is 143. The maximum absolute atomic E-state index is 5.39. The molecule has 5 heterocycles. The van der Waals surface area contributed by atoms with E-state index in [1.165, 1.54) is 10.8 Å². The maximum atomic E-state index is 5.39. The third-order valence-electron chi connectivity index (χ3n) is 21.5. The lowest BCUT2D eigenvalue weighted by molar-refractivity contribution is 1.16. The highest BCUT2D eigenvalue weighted by atomic mass is 15.2. The topological polar surface area (TPSA) is 37.2 Å². The summed E-state index contributed by atoms with van der Waals surface area (Å²) in [5.41, 5.74) is 34.5. The predicted octanol–water partition coefficient (Wildman–Crippen LogP) is 24.3. The molecule has 0 fully saturated rings. The van der Waals surface area contributed by atoms with E-state index < -0.39 is 6.71 Å². The Morgan fingerprint density at radius 2 is 0.528 bits per heavy atom. The van der Waals surface area contributed by atoms with Crippen LogP contribution < -0.4 is 26.2 Å². The van der Waals surface area contributed by atoms with Crippen LogP contribution in [0, 0.1) is 0 Å². The van der Waals surface area contributed by atoms with E-state index in [0.717, 1.165) is 179 Å². The van der Waals surface area contributed by atoms with E-state index in [0.29, 0.717) is 0 Å². The smallest absolute Gasteiger partial charge is 0.252 e. The zero-order chi connectivity index (χ0) is 70.0. The van der Waals surface area contributed by atoms with E-state index in [9.17, 15) is 0 Å². The lowest BCUT2D eigenvalue weighted by atomic mass is 9.33. The van der Waals surface area contributed by atoms with Crippen LogP contribution in [-0.2, 0) is 0 Å². The van der Waals surface area contributed by atoms with Gasteiger partial charge in [0, 0.05) is 90.4 Å². The highest BCUT2D eigenvalue weighted by Gasteiger charge is 2.46. The highest BCUT2D eigenvalue weighted by molar-refractivity contribution is 7.00. The van der Waals surface area contributed by atoms with Gasteiger partial charge in [0.2, 0.25) is 0 Å². The number of aromatic nitrogens is 3. The number of benzene rings is 15. The molecule has 0 unspecified atom stereocenters. The molecule has 0 radical (unpaired) electrons. The molecule has 2 aliphatic rings. The van der Waals surface area contributed by atoms with Gasteiger partial charge in [-0.25, -0.2) is 0 Å². The summed E-state index contributed by atoms with van der Waals surface area (Å²) in [6.45, 7) is -0.406. The third-order valence-corrected chi connectivity index (χ3v) is 21.5. The van der Waals surface area contributed by atoms with Crippen LogP contribution in [0.1, 0.15) is 0 Å². The molecule has 0 atom stereocenters. The molecule has 494 valence electrons. The van der Waals surface area contributed by atoms with Crippen molar-refractivity contribution in [2.75, 3.05) is 9.80 Å². The van der Waals surface area contributed by atoms with Crippen molar-refractivity contribution in [3.05, 3.63) is 401 Å². The van der Waals surface area contributed by atoms with Crippen molar-refractivity contribution in [2.45, 2.75) is 0 Å². The molecule has 6 heteroatoms. The fourth-order valence-electron chi connectivity index (χ4n) is 16.9. The van der Waals surface area contributed by atoms with Gasteiger partial charge in [-0.3, -0.25) is 9.97 Å². The SMILES string of the molecule is c1ccc(-c2ccnc(-c3ccccc3)c2-c2ccc3c(c2)B2c4cc(-c5c(-c6ccccc6)ccnc5-c5ccccc5)ccc4N(c4c(-c5ccccc5)cccc4-c4ccccc4)c4cc(-n5c6ccccc6c6ccccc65)cc(c42)N3c2c(-c3ccccc3)cccc2-c2ccccc2)cc1. The third kappa shape index (κ3) is 10.4. The molecule has 0 aliphatic carbocycles. The summed E-state index contributed by atoms with van der Waals surface area (Å²) in [4.78, 5) is 16.1. The first-order valence-electron chi connectivity index (χ1n) is 36.4. The molecule has 0 bridgehead atoms. The molecule has 0 spiro atoms. The molecule has 3 aromatic heterocycles. The van der Waals surface area contributed by atoms with Gasteiger partial charge in [0.1, 0.15) is 0 Å². The molecule has 18 aromatic rings. The molecule has 106 heavy (non-hydrogen) atoms. The van der Waals surface area contributed by atoms with Crippen molar-refractivity contribution >= 4 is 79.0 Å². The number of fused-ring (bicyclic) bond motifs is 7. The second-order valence-electron chi connectivity index (χ2n) is 27.4. The van der Waals surface area contributed by atoms with Gasteiger partial charge in [-0.1, -0.05) is 340 Å². The number of para-hydroxylation sites is 4. The first-order valence-corrected chi connectivity index (χ1v) is 36.4. The number of hydrogen-bond acceptors (Lipinski definition) is 4. The molecule has 15 aromatic carbocycles. The van der Waals surface area contributed by atoms with Crippen molar-refractivity contribution in [1.82, 2.24) is 14.5 Å². The highest BCUT2D eigenvalue weighted by Crippen LogP contribution is 2.55. The van der Waals surface area contributed by atoms with Crippen molar-refractivity contribution in [3.8, 4) is 117 Å². The zero-order valence-electron chi connectivity index (χ0n) is 57.9. The maximum Gasteiger partial charge on any atom is 0.252 e. The van der Waals surface area contributed by atoms with E-state index in [1.54, 1.807) is 0 Å². The van der Waals surface area contributed by atoms with Crippen LogP contribution in [0.4, 0.5) is 34.1 Å². The van der Waals surface area contributed by atoms with E-state index in [2.05, 4.69) is 403 Å². The normalized spacial score (nSPS) is 12.1. The van der Waals surface area contributed by atoms with E-state index in [-0.39, 0.29) is 0 Å². The minimum absolute atomic E-state index is 0.406. The van der Waals surface area contributed by atoms with Crippen LogP contribution in [0.2, 0.25) is 0 Å². The molecular formula is C100H66BN5. The summed E-state index contributed by atoms with van der Waals surface area (Å²) in [7, 11) is 0. The molecule has 0 saturated carbocycles. The fourth-order valence-corrected chi connectivity index (χ4v) is 16.9. The number of anilines is 6. The Balaban J connectivity index is 0.993. The Bertz CT molecular complexity index is 5750.